The van der Waals surface area contributed by atoms with E-state index in [-0.39, 0.29) is 17.9 Å². The number of hydrogen-bond donors (Lipinski definition) is 1. The number of anilines is 2. The average Bonchev–Trinajstić information content (AvgIpc) is 3.10. The predicted octanol–water partition coefficient (Wildman–Crippen LogP) is 1.34. The second-order valence-corrected chi connectivity index (χ2v) is 7.16. The van der Waals surface area contributed by atoms with Crippen molar-refractivity contribution in [3.05, 3.63) is 35.6 Å². The van der Waals surface area contributed by atoms with Crippen LogP contribution in [0.4, 0.5) is 11.8 Å². The third kappa shape index (κ3) is 3.17. The molecule has 1 aliphatic heterocycles. The van der Waals surface area contributed by atoms with Gasteiger partial charge in [0.1, 0.15) is 5.52 Å². The van der Waals surface area contributed by atoms with Crippen LogP contribution < -0.4 is 10.6 Å². The van der Waals surface area contributed by atoms with Crippen LogP contribution in [0.15, 0.2) is 30.0 Å². The first-order valence-corrected chi connectivity index (χ1v) is 9.30. The third-order valence-electron chi connectivity index (χ3n) is 4.55. The Bertz CT molecular complexity index is 929. The molecule has 134 valence electrons. The number of thiazole rings is 1. The number of nitrogen functional groups attached to an aromatic ring is 1. The van der Waals surface area contributed by atoms with Crippen molar-refractivity contribution >= 4 is 39.4 Å². The van der Waals surface area contributed by atoms with Gasteiger partial charge in [-0.1, -0.05) is 0 Å². The number of pyridine rings is 1. The highest BCUT2D eigenvalue weighted by Gasteiger charge is 2.29. The van der Waals surface area contributed by atoms with Gasteiger partial charge in [0.25, 0.3) is 0 Å². The summed E-state index contributed by atoms with van der Waals surface area (Å²) >= 11 is 1.45. The molecule has 1 amide bonds. The van der Waals surface area contributed by atoms with Gasteiger partial charge in [-0.3, -0.25) is 9.78 Å². The molecule has 3 aromatic heterocycles. The fraction of sp³-hybridized carbons (Fsp3) is 0.353. The van der Waals surface area contributed by atoms with Crippen molar-refractivity contribution in [1.29, 1.82) is 0 Å². The minimum Gasteiger partial charge on any atom is -0.368 e. The topological polar surface area (TPSA) is 101 Å². The lowest BCUT2D eigenvalue weighted by Gasteiger charge is -2.40. The number of hydrogen-bond acceptors (Lipinski definition) is 8. The molecule has 9 heteroatoms. The third-order valence-corrected chi connectivity index (χ3v) is 5.27. The van der Waals surface area contributed by atoms with E-state index in [1.54, 1.807) is 17.9 Å². The number of carbonyl (C=O) groups excluding carboxylic acids is 1. The lowest BCUT2D eigenvalue weighted by Crippen LogP contribution is -2.54. The van der Waals surface area contributed by atoms with Crippen molar-refractivity contribution < 1.29 is 4.79 Å². The van der Waals surface area contributed by atoms with Crippen LogP contribution in [0, 0.1) is 0 Å². The molecule has 1 aliphatic rings. The normalized spacial score (nSPS) is 17.7. The van der Waals surface area contributed by atoms with Crippen LogP contribution in [0.2, 0.25) is 0 Å². The lowest BCUT2D eigenvalue weighted by molar-refractivity contribution is -0.131. The molecule has 0 aliphatic carbocycles. The second kappa shape index (κ2) is 6.83. The van der Waals surface area contributed by atoms with Gasteiger partial charge in [0.05, 0.1) is 11.9 Å². The first-order chi connectivity index (χ1) is 12.6. The van der Waals surface area contributed by atoms with E-state index in [0.717, 1.165) is 21.7 Å². The summed E-state index contributed by atoms with van der Waals surface area (Å²) in [6, 6.07) is 3.87. The molecule has 8 nitrogen and oxygen atoms in total. The van der Waals surface area contributed by atoms with Crippen LogP contribution in [0.3, 0.4) is 0 Å². The van der Waals surface area contributed by atoms with Crippen LogP contribution in [0.25, 0.3) is 10.3 Å². The quantitative estimate of drug-likeness (QED) is 0.743. The van der Waals surface area contributed by atoms with Crippen LogP contribution in [0.5, 0.6) is 0 Å². The molecule has 3 aromatic rings. The van der Waals surface area contributed by atoms with Gasteiger partial charge in [-0.15, -0.1) is 11.3 Å². The van der Waals surface area contributed by atoms with E-state index in [9.17, 15) is 4.79 Å². The zero-order chi connectivity index (χ0) is 18.1. The zero-order valence-corrected chi connectivity index (χ0v) is 15.2. The van der Waals surface area contributed by atoms with Crippen molar-refractivity contribution in [1.82, 2.24) is 24.8 Å². The van der Waals surface area contributed by atoms with Gasteiger partial charge in [-0.05, 0) is 24.6 Å². The molecule has 0 aromatic carbocycles. The maximum atomic E-state index is 12.6. The maximum Gasteiger partial charge on any atom is 0.227 e. The first-order valence-electron chi connectivity index (χ1n) is 8.42. The van der Waals surface area contributed by atoms with Gasteiger partial charge < -0.3 is 15.5 Å². The van der Waals surface area contributed by atoms with Gasteiger partial charge in [-0.25, -0.2) is 9.97 Å². The zero-order valence-electron chi connectivity index (χ0n) is 14.4. The van der Waals surface area contributed by atoms with Crippen LogP contribution in [0.1, 0.15) is 12.5 Å². The van der Waals surface area contributed by atoms with E-state index in [1.165, 1.54) is 11.3 Å². The molecule has 0 unspecified atom stereocenters. The highest BCUT2D eigenvalue weighted by molar-refractivity contribution is 7.16. The summed E-state index contributed by atoms with van der Waals surface area (Å²) in [6.07, 6.45) is 3.82. The lowest BCUT2D eigenvalue weighted by atomic mass is 10.1. The Balaban J connectivity index is 1.50. The molecule has 0 bridgehead atoms. The Kier molecular flexibility index (Phi) is 4.37. The van der Waals surface area contributed by atoms with Crippen molar-refractivity contribution in [3.8, 4) is 0 Å². The van der Waals surface area contributed by atoms with E-state index in [1.807, 2.05) is 17.0 Å². The van der Waals surface area contributed by atoms with Gasteiger partial charge in [0.15, 0.2) is 10.6 Å². The minimum absolute atomic E-state index is 0.115. The Morgan fingerprint density at radius 3 is 2.88 bits per heavy atom. The fourth-order valence-corrected chi connectivity index (χ4v) is 3.91. The Labute approximate surface area is 154 Å². The number of nitrogens with two attached hydrogens (primary N) is 1. The molecule has 0 radical (unpaired) electrons. The molecule has 4 heterocycles. The van der Waals surface area contributed by atoms with Crippen molar-refractivity contribution in [2.75, 3.05) is 30.3 Å². The summed E-state index contributed by atoms with van der Waals surface area (Å²) in [4.78, 5) is 34.5. The van der Waals surface area contributed by atoms with E-state index in [2.05, 4.69) is 31.8 Å². The first kappa shape index (κ1) is 16.6. The SMILES string of the molecule is C[C@H]1CN(C(=O)Cc2ccncc2)CCN1c1nc(N)nc2scnc12. The number of amides is 1. The van der Waals surface area contributed by atoms with Gasteiger partial charge in [0, 0.05) is 38.1 Å². The van der Waals surface area contributed by atoms with Crippen molar-refractivity contribution in [3.63, 3.8) is 0 Å². The van der Waals surface area contributed by atoms with Crippen molar-refractivity contribution in [2.45, 2.75) is 19.4 Å². The number of piperazine rings is 1. The molecule has 26 heavy (non-hydrogen) atoms. The standard InChI is InChI=1S/C17H19N7OS/c1-11-9-23(13(25)8-12-2-4-19-5-3-12)6-7-24(11)15-14-16(26-10-20-14)22-17(18)21-15/h2-5,10-11H,6-9H2,1H3,(H2,18,21,22)/t11-/m0/s1. The van der Waals surface area contributed by atoms with Gasteiger partial charge in [-0.2, -0.15) is 4.98 Å². The van der Waals surface area contributed by atoms with Crippen LogP contribution in [-0.4, -0.2) is 56.4 Å². The Morgan fingerprint density at radius 1 is 1.31 bits per heavy atom. The summed E-state index contributed by atoms with van der Waals surface area (Å²) in [5.74, 6) is 1.13. The Morgan fingerprint density at radius 2 is 2.12 bits per heavy atom. The van der Waals surface area contributed by atoms with Gasteiger partial charge >= 0.3 is 0 Å². The molecule has 1 saturated heterocycles. The monoisotopic (exact) mass is 369 g/mol. The highest BCUT2D eigenvalue weighted by Crippen LogP contribution is 2.28. The minimum atomic E-state index is 0.115. The molecule has 0 saturated carbocycles. The van der Waals surface area contributed by atoms with E-state index < -0.39 is 0 Å². The average molecular weight is 369 g/mol. The smallest absolute Gasteiger partial charge is 0.227 e. The van der Waals surface area contributed by atoms with E-state index in [0.29, 0.717) is 26.1 Å². The second-order valence-electron chi connectivity index (χ2n) is 6.33. The molecule has 1 fully saturated rings. The molecular formula is C17H19N7OS. The molecule has 0 spiro atoms. The largest absolute Gasteiger partial charge is 0.368 e. The molecule has 2 N–H and O–H groups in total. The molecular weight excluding hydrogens is 350 g/mol. The van der Waals surface area contributed by atoms with E-state index >= 15 is 0 Å². The number of rotatable bonds is 3. The maximum absolute atomic E-state index is 12.6. The summed E-state index contributed by atoms with van der Waals surface area (Å²) in [7, 11) is 0. The molecule has 1 atom stereocenters. The van der Waals surface area contributed by atoms with Crippen LogP contribution in [-0.2, 0) is 11.2 Å². The molecule has 4 rings (SSSR count). The van der Waals surface area contributed by atoms with E-state index in [4.69, 9.17) is 5.73 Å². The predicted molar refractivity (Wildman–Crippen MR) is 101 cm³/mol. The van der Waals surface area contributed by atoms with Gasteiger partial charge in [0.2, 0.25) is 11.9 Å². The number of carbonyl (C=O) groups is 1. The summed E-state index contributed by atoms with van der Waals surface area (Å²) in [6.45, 7) is 4.05. The summed E-state index contributed by atoms with van der Waals surface area (Å²) < 4.78 is 0. The fourth-order valence-electron chi connectivity index (χ4n) is 3.25. The summed E-state index contributed by atoms with van der Waals surface area (Å²) in [5.41, 5.74) is 9.36. The summed E-state index contributed by atoms with van der Waals surface area (Å²) in [5, 5.41) is 0. The Hall–Kier alpha value is -2.81. The van der Waals surface area contributed by atoms with Crippen LogP contribution >= 0.6 is 11.3 Å². The number of fused-ring (bicyclic) bond motifs is 1. The number of aromatic nitrogens is 4. The highest BCUT2D eigenvalue weighted by atomic mass is 32.1. The number of nitrogens with zero attached hydrogens (tertiary/aromatic N) is 6. The van der Waals surface area contributed by atoms with Crippen molar-refractivity contribution in [2.24, 2.45) is 0 Å².